The van der Waals surface area contributed by atoms with Crippen molar-refractivity contribution in [2.75, 3.05) is 0 Å². The van der Waals surface area contributed by atoms with E-state index in [-0.39, 0.29) is 12.3 Å². The Morgan fingerprint density at radius 2 is 2.03 bits per heavy atom. The summed E-state index contributed by atoms with van der Waals surface area (Å²) in [5.41, 5.74) is 2.38. The van der Waals surface area contributed by atoms with E-state index in [0.717, 1.165) is 29.8 Å². The first-order valence-electron chi connectivity index (χ1n) is 9.34. The van der Waals surface area contributed by atoms with Crippen LogP contribution in [0.1, 0.15) is 36.0 Å². The summed E-state index contributed by atoms with van der Waals surface area (Å²) in [6.07, 6.45) is 4.17. The van der Waals surface area contributed by atoms with E-state index in [1.807, 2.05) is 30.5 Å². The van der Waals surface area contributed by atoms with Crippen molar-refractivity contribution in [2.24, 2.45) is 0 Å². The molecule has 0 radical (unpaired) electrons. The van der Waals surface area contributed by atoms with Crippen molar-refractivity contribution < 1.29 is 9.32 Å². The zero-order valence-electron chi connectivity index (χ0n) is 15.4. The topological polar surface area (TPSA) is 98.2 Å². The molecule has 0 unspecified atom stereocenters. The molecule has 1 saturated carbocycles. The number of nitrogens with zero attached hydrogens (tertiary/aromatic N) is 5. The summed E-state index contributed by atoms with van der Waals surface area (Å²) in [5.74, 6) is 2.09. The van der Waals surface area contributed by atoms with Gasteiger partial charge in [-0.3, -0.25) is 9.20 Å². The number of benzene rings is 1. The van der Waals surface area contributed by atoms with E-state index in [4.69, 9.17) is 16.1 Å². The van der Waals surface area contributed by atoms with Crippen LogP contribution in [0.25, 0.3) is 17.1 Å². The van der Waals surface area contributed by atoms with Crippen LogP contribution in [0.5, 0.6) is 0 Å². The molecule has 5 rings (SSSR count). The van der Waals surface area contributed by atoms with Gasteiger partial charge in [0.2, 0.25) is 5.91 Å². The van der Waals surface area contributed by atoms with Crippen LogP contribution in [0.2, 0.25) is 5.02 Å². The Hall–Kier alpha value is -3.26. The van der Waals surface area contributed by atoms with Crippen LogP contribution in [0.4, 0.5) is 0 Å². The second-order valence-electron chi connectivity index (χ2n) is 7.07. The summed E-state index contributed by atoms with van der Waals surface area (Å²) in [6.45, 7) is 0.428. The molecule has 1 fully saturated rings. The standard InChI is InChI=1S/C20H17ClN6O2/c21-15-5-1-12(2-6-15)11-22-18(28)10-17-25-24-16-9-14(7-8-27(16)17)20-23-19(26-29-20)13-3-4-13/h1-2,5-9,13H,3-4,10-11H2,(H,22,28). The molecule has 29 heavy (non-hydrogen) atoms. The number of hydrogen-bond acceptors (Lipinski definition) is 6. The third-order valence-electron chi connectivity index (χ3n) is 4.83. The Labute approximate surface area is 170 Å². The largest absolute Gasteiger partial charge is 0.352 e. The number of rotatable bonds is 6. The molecule has 1 aliphatic carbocycles. The molecule has 0 saturated heterocycles. The van der Waals surface area contributed by atoms with E-state index in [0.29, 0.717) is 34.8 Å². The highest BCUT2D eigenvalue weighted by Gasteiger charge is 2.29. The second-order valence-corrected chi connectivity index (χ2v) is 7.51. The van der Waals surface area contributed by atoms with Gasteiger partial charge in [0, 0.05) is 29.2 Å². The number of halogens is 1. The monoisotopic (exact) mass is 408 g/mol. The molecule has 8 nitrogen and oxygen atoms in total. The molecule has 9 heteroatoms. The normalized spacial score (nSPS) is 13.7. The van der Waals surface area contributed by atoms with Crippen molar-refractivity contribution >= 4 is 23.2 Å². The van der Waals surface area contributed by atoms with Crippen molar-refractivity contribution in [1.82, 2.24) is 30.1 Å². The van der Waals surface area contributed by atoms with Gasteiger partial charge in [0.1, 0.15) is 5.82 Å². The van der Waals surface area contributed by atoms with Crippen LogP contribution < -0.4 is 5.32 Å². The molecule has 1 aromatic carbocycles. The maximum Gasteiger partial charge on any atom is 0.258 e. The van der Waals surface area contributed by atoms with Crippen molar-refractivity contribution in [3.63, 3.8) is 0 Å². The van der Waals surface area contributed by atoms with Crippen LogP contribution in [-0.4, -0.2) is 30.6 Å². The van der Waals surface area contributed by atoms with Gasteiger partial charge in [-0.1, -0.05) is 28.9 Å². The number of hydrogen-bond donors (Lipinski definition) is 1. The molecule has 0 aliphatic heterocycles. The van der Waals surface area contributed by atoms with Crippen LogP contribution in [-0.2, 0) is 17.8 Å². The van der Waals surface area contributed by atoms with Gasteiger partial charge in [0.25, 0.3) is 5.89 Å². The number of amides is 1. The van der Waals surface area contributed by atoms with Crippen molar-refractivity contribution in [3.8, 4) is 11.5 Å². The highest BCUT2D eigenvalue weighted by Crippen LogP contribution is 2.38. The zero-order valence-corrected chi connectivity index (χ0v) is 16.1. The molecule has 3 aromatic heterocycles. The number of fused-ring (bicyclic) bond motifs is 1. The molecule has 4 aromatic rings. The molecule has 1 N–H and O–H groups in total. The SMILES string of the molecule is O=C(Cc1nnc2cc(-c3nc(C4CC4)no3)ccn12)NCc1ccc(Cl)cc1. The van der Waals surface area contributed by atoms with E-state index in [9.17, 15) is 4.79 Å². The van der Waals surface area contributed by atoms with E-state index in [2.05, 4.69) is 25.7 Å². The Morgan fingerprint density at radius 1 is 1.21 bits per heavy atom. The Bertz CT molecular complexity index is 1180. The van der Waals surface area contributed by atoms with Crippen molar-refractivity contribution in [1.29, 1.82) is 0 Å². The third kappa shape index (κ3) is 3.84. The molecular formula is C20H17ClN6O2. The summed E-state index contributed by atoms with van der Waals surface area (Å²) in [5, 5.41) is 15.9. The predicted octanol–water partition coefficient (Wildman–Crippen LogP) is 3.17. The summed E-state index contributed by atoms with van der Waals surface area (Å²) >= 11 is 5.87. The quantitative estimate of drug-likeness (QED) is 0.526. The lowest BCUT2D eigenvalue weighted by atomic mass is 10.2. The molecule has 3 heterocycles. The van der Waals surface area contributed by atoms with Crippen LogP contribution in [0.3, 0.4) is 0 Å². The Kier molecular flexibility index (Phi) is 4.48. The smallest absolute Gasteiger partial charge is 0.258 e. The number of pyridine rings is 1. The van der Waals surface area contributed by atoms with Gasteiger partial charge in [-0.25, -0.2) is 0 Å². The first kappa shape index (κ1) is 17.8. The highest BCUT2D eigenvalue weighted by atomic mass is 35.5. The predicted molar refractivity (Wildman–Crippen MR) is 105 cm³/mol. The first-order valence-corrected chi connectivity index (χ1v) is 9.72. The molecule has 0 bridgehead atoms. The van der Waals surface area contributed by atoms with Crippen molar-refractivity contribution in [2.45, 2.75) is 31.7 Å². The number of carbonyl (C=O) groups is 1. The van der Waals surface area contributed by atoms with E-state index < -0.39 is 0 Å². The van der Waals surface area contributed by atoms with Gasteiger partial charge in [0.05, 0.1) is 6.42 Å². The van der Waals surface area contributed by atoms with Gasteiger partial charge in [-0.05, 0) is 42.7 Å². The van der Waals surface area contributed by atoms with Gasteiger partial charge < -0.3 is 9.84 Å². The van der Waals surface area contributed by atoms with E-state index in [1.165, 1.54) is 0 Å². The number of carbonyl (C=O) groups excluding carboxylic acids is 1. The minimum Gasteiger partial charge on any atom is -0.352 e. The lowest BCUT2D eigenvalue weighted by Gasteiger charge is -2.05. The minimum atomic E-state index is -0.135. The number of nitrogens with one attached hydrogen (secondary N) is 1. The fraction of sp³-hybridized carbons (Fsp3) is 0.250. The average molecular weight is 409 g/mol. The average Bonchev–Trinajstić information content (AvgIpc) is 3.33. The van der Waals surface area contributed by atoms with Gasteiger partial charge >= 0.3 is 0 Å². The maximum atomic E-state index is 12.3. The van der Waals surface area contributed by atoms with Gasteiger partial charge in [-0.15, -0.1) is 10.2 Å². The van der Waals surface area contributed by atoms with Crippen LogP contribution in [0, 0.1) is 0 Å². The van der Waals surface area contributed by atoms with Crippen LogP contribution >= 0.6 is 11.6 Å². The zero-order chi connectivity index (χ0) is 19.8. The minimum absolute atomic E-state index is 0.125. The van der Waals surface area contributed by atoms with E-state index >= 15 is 0 Å². The summed E-state index contributed by atoms with van der Waals surface area (Å²) < 4.78 is 7.14. The number of aromatic nitrogens is 5. The molecule has 0 atom stereocenters. The molecular weight excluding hydrogens is 392 g/mol. The molecule has 0 spiro atoms. The lowest BCUT2D eigenvalue weighted by Crippen LogP contribution is -2.25. The summed E-state index contributed by atoms with van der Waals surface area (Å²) in [4.78, 5) is 16.8. The molecule has 1 amide bonds. The first-order chi connectivity index (χ1) is 14.2. The highest BCUT2D eigenvalue weighted by molar-refractivity contribution is 6.30. The summed E-state index contributed by atoms with van der Waals surface area (Å²) in [6, 6.07) is 11.0. The fourth-order valence-corrected chi connectivity index (χ4v) is 3.19. The molecule has 146 valence electrons. The fourth-order valence-electron chi connectivity index (χ4n) is 3.06. The van der Waals surface area contributed by atoms with E-state index in [1.54, 1.807) is 16.5 Å². The van der Waals surface area contributed by atoms with Crippen LogP contribution in [0.15, 0.2) is 47.1 Å². The third-order valence-corrected chi connectivity index (χ3v) is 5.09. The molecule has 1 aliphatic rings. The maximum absolute atomic E-state index is 12.3. The van der Waals surface area contributed by atoms with Crippen molar-refractivity contribution in [3.05, 3.63) is 64.8 Å². The Morgan fingerprint density at radius 3 is 2.83 bits per heavy atom. The second kappa shape index (κ2) is 7.29. The van der Waals surface area contributed by atoms with Gasteiger partial charge in [-0.2, -0.15) is 4.98 Å². The van der Waals surface area contributed by atoms with Gasteiger partial charge in [0.15, 0.2) is 11.5 Å². The summed E-state index contributed by atoms with van der Waals surface area (Å²) in [7, 11) is 0. The lowest BCUT2D eigenvalue weighted by molar-refractivity contribution is -0.120. The Balaban J connectivity index is 1.27.